The molecule has 1 aromatic carbocycles. The van der Waals surface area contributed by atoms with Gasteiger partial charge in [0.2, 0.25) is 0 Å². The van der Waals surface area contributed by atoms with Crippen LogP contribution < -0.4 is 15.8 Å². The fourth-order valence-electron chi connectivity index (χ4n) is 3.09. The second-order valence-electron chi connectivity index (χ2n) is 6.26. The van der Waals surface area contributed by atoms with Gasteiger partial charge in [0, 0.05) is 17.8 Å². The molecule has 1 aromatic heterocycles. The predicted molar refractivity (Wildman–Crippen MR) is 107 cm³/mol. The maximum atomic E-state index is 12.6. The van der Waals surface area contributed by atoms with E-state index in [-0.39, 0.29) is 28.1 Å². The first kappa shape index (κ1) is 20.7. The second-order valence-corrected chi connectivity index (χ2v) is 9.12. The zero-order chi connectivity index (χ0) is 17.9. The molecule has 0 atom stereocenters. The van der Waals surface area contributed by atoms with Gasteiger partial charge >= 0.3 is 0 Å². The second kappa shape index (κ2) is 8.39. The van der Waals surface area contributed by atoms with E-state index in [1.54, 1.807) is 35.7 Å². The van der Waals surface area contributed by atoms with E-state index in [0.29, 0.717) is 17.8 Å². The van der Waals surface area contributed by atoms with Gasteiger partial charge in [-0.3, -0.25) is 9.52 Å². The Kier molecular flexibility index (Phi) is 6.68. The van der Waals surface area contributed by atoms with Gasteiger partial charge in [-0.05, 0) is 42.5 Å². The van der Waals surface area contributed by atoms with Crippen LogP contribution in [0.25, 0.3) is 0 Å². The van der Waals surface area contributed by atoms with Crippen molar-refractivity contribution in [3.63, 3.8) is 0 Å². The molecular weight excluding hydrogens is 394 g/mol. The van der Waals surface area contributed by atoms with Crippen LogP contribution >= 0.6 is 23.7 Å². The third-order valence-electron chi connectivity index (χ3n) is 4.47. The summed E-state index contributed by atoms with van der Waals surface area (Å²) < 4.78 is 27.3. The Labute approximate surface area is 163 Å². The lowest BCUT2D eigenvalue weighted by Gasteiger charge is -2.28. The molecule has 1 saturated carbocycles. The lowest BCUT2D eigenvalue weighted by Crippen LogP contribution is -2.51. The summed E-state index contributed by atoms with van der Waals surface area (Å²) in [4.78, 5) is 12.6. The van der Waals surface area contributed by atoms with Crippen molar-refractivity contribution in [2.24, 2.45) is 5.73 Å². The van der Waals surface area contributed by atoms with Crippen molar-refractivity contribution in [3.05, 3.63) is 47.3 Å². The number of carbonyl (C=O) groups is 1. The average molecular weight is 416 g/mol. The van der Waals surface area contributed by atoms with Gasteiger partial charge in [0.15, 0.2) is 0 Å². The maximum absolute atomic E-state index is 12.6. The first-order valence-corrected chi connectivity index (χ1v) is 10.5. The van der Waals surface area contributed by atoms with Crippen molar-refractivity contribution in [3.8, 4) is 0 Å². The van der Waals surface area contributed by atoms with Crippen molar-refractivity contribution in [1.82, 2.24) is 5.32 Å². The summed E-state index contributed by atoms with van der Waals surface area (Å²) in [5.41, 5.74) is 6.28. The Morgan fingerprint density at radius 3 is 2.54 bits per heavy atom. The van der Waals surface area contributed by atoms with Crippen molar-refractivity contribution < 1.29 is 13.2 Å². The van der Waals surface area contributed by atoms with E-state index in [0.717, 1.165) is 37.0 Å². The van der Waals surface area contributed by atoms with E-state index in [4.69, 9.17) is 5.73 Å². The highest BCUT2D eigenvalue weighted by atomic mass is 35.5. The molecule has 1 aliphatic carbocycles. The topological polar surface area (TPSA) is 101 Å². The fraction of sp³-hybridized carbons (Fsp3) is 0.353. The zero-order valence-electron chi connectivity index (χ0n) is 14.1. The summed E-state index contributed by atoms with van der Waals surface area (Å²) in [7, 11) is -3.63. The van der Waals surface area contributed by atoms with E-state index >= 15 is 0 Å². The number of thiophene rings is 1. The molecular formula is C17H22ClN3O3S2. The number of rotatable bonds is 6. The molecule has 0 bridgehead atoms. The number of benzene rings is 1. The van der Waals surface area contributed by atoms with E-state index in [9.17, 15) is 13.2 Å². The molecule has 26 heavy (non-hydrogen) atoms. The van der Waals surface area contributed by atoms with E-state index in [2.05, 4.69) is 10.0 Å². The van der Waals surface area contributed by atoms with Crippen LogP contribution in [0.3, 0.4) is 0 Å². The Morgan fingerprint density at radius 2 is 1.92 bits per heavy atom. The van der Waals surface area contributed by atoms with Crippen LogP contribution in [0.2, 0.25) is 0 Å². The molecule has 0 unspecified atom stereocenters. The standard InChI is InChI=1S/C17H21N3O3S2.ClH/c18-12-17(8-1-2-9-17)19-16(21)13-5-3-6-14(11-13)20-25(22,23)15-7-4-10-24-15;/h3-7,10-11,20H,1-2,8-9,12,18H2,(H,19,21);1H. The summed E-state index contributed by atoms with van der Waals surface area (Å²) in [6, 6.07) is 9.70. The van der Waals surface area contributed by atoms with Crippen LogP contribution in [-0.2, 0) is 10.0 Å². The van der Waals surface area contributed by atoms with Gasteiger partial charge in [-0.25, -0.2) is 8.42 Å². The molecule has 3 rings (SSSR count). The van der Waals surface area contributed by atoms with Crippen molar-refractivity contribution >= 4 is 45.4 Å². The number of halogens is 1. The number of amides is 1. The van der Waals surface area contributed by atoms with Gasteiger partial charge in [0.25, 0.3) is 15.9 Å². The summed E-state index contributed by atoms with van der Waals surface area (Å²) >= 11 is 1.14. The van der Waals surface area contributed by atoms with Crippen molar-refractivity contribution in [1.29, 1.82) is 0 Å². The summed E-state index contributed by atoms with van der Waals surface area (Å²) in [5.74, 6) is -0.232. The van der Waals surface area contributed by atoms with Gasteiger partial charge in [0.05, 0.1) is 5.54 Å². The van der Waals surface area contributed by atoms with Crippen molar-refractivity contribution in [2.45, 2.75) is 35.4 Å². The number of nitrogens with two attached hydrogens (primary N) is 1. The van der Waals surface area contributed by atoms with Gasteiger partial charge in [-0.1, -0.05) is 25.0 Å². The van der Waals surface area contributed by atoms with Gasteiger partial charge in [-0.2, -0.15) is 0 Å². The van der Waals surface area contributed by atoms with Crippen LogP contribution in [0.15, 0.2) is 46.0 Å². The predicted octanol–water partition coefficient (Wildman–Crippen LogP) is 2.97. The third kappa shape index (κ3) is 4.56. The largest absolute Gasteiger partial charge is 0.345 e. The molecule has 0 aliphatic heterocycles. The minimum Gasteiger partial charge on any atom is -0.345 e. The summed E-state index contributed by atoms with van der Waals surface area (Å²) in [6.07, 6.45) is 3.86. The Balaban J connectivity index is 0.00000243. The highest BCUT2D eigenvalue weighted by molar-refractivity contribution is 7.94. The normalized spacial score (nSPS) is 15.9. The highest BCUT2D eigenvalue weighted by Crippen LogP contribution is 2.29. The number of anilines is 1. The van der Waals surface area contributed by atoms with E-state index < -0.39 is 10.0 Å². The summed E-state index contributed by atoms with van der Waals surface area (Å²) in [5, 5.41) is 4.74. The molecule has 9 heteroatoms. The van der Waals surface area contributed by atoms with E-state index in [1.807, 2.05) is 0 Å². The lowest BCUT2D eigenvalue weighted by molar-refractivity contribution is 0.0903. The molecule has 142 valence electrons. The maximum Gasteiger partial charge on any atom is 0.271 e. The molecule has 2 aromatic rings. The smallest absolute Gasteiger partial charge is 0.271 e. The average Bonchev–Trinajstić information content (AvgIpc) is 3.27. The third-order valence-corrected chi connectivity index (χ3v) is 7.25. The number of hydrogen-bond acceptors (Lipinski definition) is 5. The van der Waals surface area contributed by atoms with Crippen LogP contribution in [0.5, 0.6) is 0 Å². The molecule has 4 N–H and O–H groups in total. The summed E-state index contributed by atoms with van der Waals surface area (Å²) in [6.45, 7) is 0.406. The fourth-order valence-corrected chi connectivity index (χ4v) is 5.13. The highest BCUT2D eigenvalue weighted by Gasteiger charge is 2.34. The SMILES string of the molecule is Cl.NCC1(NC(=O)c2cccc(NS(=O)(=O)c3cccs3)c2)CCCC1. The van der Waals surface area contributed by atoms with Crippen LogP contribution in [0.4, 0.5) is 5.69 Å². The van der Waals surface area contributed by atoms with E-state index in [1.165, 1.54) is 6.07 Å². The van der Waals surface area contributed by atoms with Crippen molar-refractivity contribution in [2.75, 3.05) is 11.3 Å². The molecule has 1 fully saturated rings. The van der Waals surface area contributed by atoms with Crippen LogP contribution in [-0.4, -0.2) is 26.4 Å². The number of carbonyl (C=O) groups excluding carboxylic acids is 1. The molecule has 0 spiro atoms. The molecule has 0 radical (unpaired) electrons. The number of sulfonamides is 1. The van der Waals surface area contributed by atoms with Crippen LogP contribution in [0, 0.1) is 0 Å². The Hall–Kier alpha value is -1.61. The molecule has 1 aliphatic rings. The first-order valence-electron chi connectivity index (χ1n) is 8.13. The number of hydrogen-bond donors (Lipinski definition) is 3. The molecule has 1 heterocycles. The van der Waals surface area contributed by atoms with Gasteiger partial charge in [0.1, 0.15) is 4.21 Å². The Bertz CT molecular complexity index is 848. The molecule has 6 nitrogen and oxygen atoms in total. The number of nitrogens with one attached hydrogen (secondary N) is 2. The minimum atomic E-state index is -3.63. The monoisotopic (exact) mass is 415 g/mol. The zero-order valence-corrected chi connectivity index (χ0v) is 16.6. The van der Waals surface area contributed by atoms with Gasteiger partial charge in [-0.15, -0.1) is 23.7 Å². The Morgan fingerprint density at radius 1 is 1.19 bits per heavy atom. The van der Waals surface area contributed by atoms with Gasteiger partial charge < -0.3 is 11.1 Å². The minimum absolute atomic E-state index is 0. The lowest BCUT2D eigenvalue weighted by atomic mass is 9.97. The quantitative estimate of drug-likeness (QED) is 0.674. The van der Waals surface area contributed by atoms with Crippen LogP contribution in [0.1, 0.15) is 36.0 Å². The first-order chi connectivity index (χ1) is 11.9. The molecule has 1 amide bonds. The molecule has 0 saturated heterocycles.